The lowest BCUT2D eigenvalue weighted by molar-refractivity contribution is -0.143. The predicted molar refractivity (Wildman–Crippen MR) is 128 cm³/mol. The predicted octanol–water partition coefficient (Wildman–Crippen LogP) is 6.59. The Labute approximate surface area is 219 Å². The molecule has 2 aliphatic rings. The number of rotatable bonds is 5. The number of amides is 1. The van der Waals surface area contributed by atoms with Gasteiger partial charge in [0.15, 0.2) is 0 Å². The summed E-state index contributed by atoms with van der Waals surface area (Å²) in [7, 11) is 2.13. The van der Waals surface area contributed by atoms with Gasteiger partial charge in [0.2, 0.25) is 11.8 Å². The Balaban J connectivity index is 1.49. The minimum atomic E-state index is -5.01. The topological polar surface area (TPSA) is 55.6 Å². The first-order valence-corrected chi connectivity index (χ1v) is 12.3. The number of benzene rings is 2. The molecule has 0 N–H and O–H groups in total. The van der Waals surface area contributed by atoms with Crippen molar-refractivity contribution in [2.75, 3.05) is 6.54 Å². The van der Waals surface area contributed by atoms with Crippen LogP contribution in [-0.2, 0) is 21.9 Å². The van der Waals surface area contributed by atoms with Crippen molar-refractivity contribution in [1.29, 1.82) is 0 Å². The van der Waals surface area contributed by atoms with Crippen molar-refractivity contribution < 1.29 is 44.7 Å². The van der Waals surface area contributed by atoms with Crippen LogP contribution in [0.1, 0.15) is 46.3 Å². The minimum Gasteiger partial charge on any atom is -0.445 e. The molecule has 3 heterocycles. The van der Waals surface area contributed by atoms with Crippen LogP contribution in [0.2, 0.25) is 0 Å². The summed E-state index contributed by atoms with van der Waals surface area (Å²) >= 11 is 0. The normalized spacial score (nSPS) is 22.6. The fourth-order valence-electron chi connectivity index (χ4n) is 5.08. The van der Waals surface area contributed by atoms with Crippen LogP contribution in [-0.4, -0.2) is 34.5 Å². The average Bonchev–Trinajstić information content (AvgIpc) is 3.52. The third kappa shape index (κ3) is 5.58. The zero-order valence-corrected chi connectivity index (χ0v) is 21.0. The van der Waals surface area contributed by atoms with Crippen LogP contribution in [0.5, 0.6) is 0 Å². The summed E-state index contributed by atoms with van der Waals surface area (Å²) < 4.78 is 106. The standard InChI is InChI=1S/C26H20F7N2O3P/c27-18-3-1-13(2-4-18)22-19-9-14(23-34-5-6-37-23)10-21(36)35(19)12-20(22)38-24(39)15-7-16(25(28,29)30)11-17(8-15)26(31,32)33/h1-8,10-11,19-20,22,24H,9,12,39H2/t19-,20-,22-,24+/m0/s1. The molecular formula is C26H20F7N2O3P. The highest BCUT2D eigenvalue weighted by atomic mass is 31.0. The van der Waals surface area contributed by atoms with E-state index in [9.17, 15) is 35.5 Å². The van der Waals surface area contributed by atoms with Gasteiger partial charge in [-0.15, -0.1) is 9.24 Å². The Hall–Kier alpha value is -3.24. The van der Waals surface area contributed by atoms with E-state index in [2.05, 4.69) is 14.2 Å². The molecule has 5 rings (SSSR count). The molecule has 1 aromatic heterocycles. The number of alkyl halides is 6. The van der Waals surface area contributed by atoms with Crippen LogP contribution < -0.4 is 0 Å². The molecule has 1 unspecified atom stereocenters. The van der Waals surface area contributed by atoms with Crippen molar-refractivity contribution in [3.63, 3.8) is 0 Å². The van der Waals surface area contributed by atoms with E-state index in [0.29, 0.717) is 23.3 Å². The largest absolute Gasteiger partial charge is 0.445 e. The summed E-state index contributed by atoms with van der Waals surface area (Å²) in [5, 5.41) is 0. The Morgan fingerprint density at radius 2 is 1.67 bits per heavy atom. The molecule has 1 fully saturated rings. The summed E-state index contributed by atoms with van der Waals surface area (Å²) in [6.45, 7) is 0.0108. The van der Waals surface area contributed by atoms with Crippen molar-refractivity contribution in [3.8, 4) is 0 Å². The Kier molecular flexibility index (Phi) is 7.05. The minimum absolute atomic E-state index is 0.0108. The van der Waals surface area contributed by atoms with Crippen LogP contribution >= 0.6 is 9.24 Å². The summed E-state index contributed by atoms with van der Waals surface area (Å²) in [6.07, 6.45) is -6.43. The van der Waals surface area contributed by atoms with Gasteiger partial charge >= 0.3 is 12.4 Å². The van der Waals surface area contributed by atoms with Gasteiger partial charge in [-0.25, -0.2) is 9.37 Å². The number of carbonyl (C=O) groups is 1. The van der Waals surface area contributed by atoms with Gasteiger partial charge in [0.25, 0.3) is 0 Å². The average molecular weight is 572 g/mol. The number of fused-ring (bicyclic) bond motifs is 1. The van der Waals surface area contributed by atoms with E-state index >= 15 is 0 Å². The molecule has 13 heteroatoms. The third-order valence-electron chi connectivity index (χ3n) is 6.82. The van der Waals surface area contributed by atoms with Crippen molar-refractivity contribution in [3.05, 3.63) is 95.0 Å². The monoisotopic (exact) mass is 572 g/mol. The van der Waals surface area contributed by atoms with Crippen LogP contribution in [0.4, 0.5) is 30.7 Å². The fourth-order valence-corrected chi connectivity index (χ4v) is 5.48. The van der Waals surface area contributed by atoms with Crippen molar-refractivity contribution in [2.45, 2.75) is 42.7 Å². The number of hydrogen-bond acceptors (Lipinski definition) is 4. The Bertz CT molecular complexity index is 1360. The number of halogens is 7. The SMILES string of the molecule is O=C1C=C(c2ncco2)C[C@H]2[C@H](c3ccc(F)cc3)[C@@H](O[C@H](P)c3cc(C(F)(F)F)cc(C(F)(F)F)c3)CN12. The molecule has 2 aromatic carbocycles. The van der Waals surface area contributed by atoms with Gasteiger partial charge < -0.3 is 14.1 Å². The maximum Gasteiger partial charge on any atom is 0.416 e. The number of oxazole rings is 1. The number of hydrogen-bond donors (Lipinski definition) is 0. The second-order valence-electron chi connectivity index (χ2n) is 9.28. The van der Waals surface area contributed by atoms with Crippen molar-refractivity contribution in [2.24, 2.45) is 0 Å². The molecule has 3 aromatic rings. The van der Waals surface area contributed by atoms with Crippen molar-refractivity contribution in [1.82, 2.24) is 9.88 Å². The molecule has 206 valence electrons. The Morgan fingerprint density at radius 1 is 1.03 bits per heavy atom. The van der Waals surface area contributed by atoms with Crippen LogP contribution in [0.15, 0.2) is 65.4 Å². The molecule has 1 saturated heterocycles. The highest BCUT2D eigenvalue weighted by Gasteiger charge is 2.48. The molecule has 2 aliphatic heterocycles. The molecule has 39 heavy (non-hydrogen) atoms. The van der Waals surface area contributed by atoms with E-state index in [1.165, 1.54) is 47.7 Å². The molecule has 0 bridgehead atoms. The third-order valence-corrected chi connectivity index (χ3v) is 7.37. The van der Waals surface area contributed by atoms with E-state index in [1.54, 1.807) is 0 Å². The molecule has 1 amide bonds. The lowest BCUT2D eigenvalue weighted by Gasteiger charge is -2.32. The summed E-state index contributed by atoms with van der Waals surface area (Å²) in [6, 6.07) is 6.23. The van der Waals surface area contributed by atoms with Gasteiger partial charge in [-0.05, 0) is 47.9 Å². The quantitative estimate of drug-likeness (QED) is 0.256. The van der Waals surface area contributed by atoms with Crippen LogP contribution in [0, 0.1) is 5.82 Å². The van der Waals surface area contributed by atoms with E-state index in [0.717, 1.165) is 0 Å². The lowest BCUT2D eigenvalue weighted by Crippen LogP contribution is -2.39. The molecule has 0 aliphatic carbocycles. The first kappa shape index (κ1) is 27.3. The second kappa shape index (κ2) is 10.1. The number of nitrogens with zero attached hydrogens (tertiary/aromatic N) is 2. The first-order chi connectivity index (χ1) is 18.3. The van der Waals surface area contributed by atoms with E-state index < -0.39 is 53.2 Å². The van der Waals surface area contributed by atoms with Gasteiger partial charge in [0.05, 0.1) is 29.3 Å². The molecule has 0 saturated carbocycles. The van der Waals surface area contributed by atoms with Gasteiger partial charge in [-0.2, -0.15) is 26.3 Å². The highest BCUT2D eigenvalue weighted by Crippen LogP contribution is 2.46. The Morgan fingerprint density at radius 3 is 2.23 bits per heavy atom. The number of ether oxygens (including phenoxy) is 1. The molecule has 5 nitrogen and oxygen atoms in total. The first-order valence-electron chi connectivity index (χ1n) is 11.7. The lowest BCUT2D eigenvalue weighted by atomic mass is 9.85. The highest BCUT2D eigenvalue weighted by molar-refractivity contribution is 7.16. The molecule has 5 atom stereocenters. The molecule has 0 spiro atoms. The van der Waals surface area contributed by atoms with Gasteiger partial charge in [-0.1, -0.05) is 12.1 Å². The fraction of sp³-hybridized carbons (Fsp3) is 0.308. The number of carbonyl (C=O) groups excluding carboxylic acids is 1. The van der Waals surface area contributed by atoms with E-state index in [-0.39, 0.29) is 36.4 Å². The van der Waals surface area contributed by atoms with Gasteiger partial charge in [0.1, 0.15) is 12.1 Å². The van der Waals surface area contributed by atoms with Gasteiger partial charge in [-0.3, -0.25) is 4.79 Å². The maximum atomic E-state index is 13.7. The molecule has 0 radical (unpaired) electrons. The summed E-state index contributed by atoms with van der Waals surface area (Å²) in [4.78, 5) is 18.6. The second-order valence-corrected chi connectivity index (χ2v) is 9.89. The van der Waals surface area contributed by atoms with Crippen LogP contribution in [0.3, 0.4) is 0 Å². The van der Waals surface area contributed by atoms with E-state index in [4.69, 9.17) is 9.15 Å². The number of aromatic nitrogens is 1. The zero-order valence-electron chi connectivity index (χ0n) is 19.8. The summed E-state index contributed by atoms with van der Waals surface area (Å²) in [5.74, 6) is -2.49. The van der Waals surface area contributed by atoms with Gasteiger partial charge in [0, 0.05) is 30.2 Å². The zero-order chi connectivity index (χ0) is 28.1. The summed E-state index contributed by atoms with van der Waals surface area (Å²) in [5.41, 5.74) is -2.16. The van der Waals surface area contributed by atoms with Crippen molar-refractivity contribution >= 4 is 20.7 Å². The van der Waals surface area contributed by atoms with Crippen LogP contribution in [0.25, 0.3) is 5.57 Å². The maximum absolute atomic E-state index is 13.7. The smallest absolute Gasteiger partial charge is 0.416 e. The molecular weight excluding hydrogens is 552 g/mol. The van der Waals surface area contributed by atoms with E-state index in [1.807, 2.05) is 0 Å².